The summed E-state index contributed by atoms with van der Waals surface area (Å²) in [5, 5.41) is 0. The summed E-state index contributed by atoms with van der Waals surface area (Å²) in [6.07, 6.45) is 70.3. The molecule has 0 aliphatic rings. The van der Waals surface area contributed by atoms with Crippen LogP contribution < -0.4 is 0 Å². The molecule has 0 aromatic heterocycles. The maximum absolute atomic E-state index is 12.8. The van der Waals surface area contributed by atoms with Gasteiger partial charge in [-0.25, -0.2) is 0 Å². The van der Waals surface area contributed by atoms with Gasteiger partial charge in [0, 0.05) is 19.4 Å². The molecule has 0 aromatic carbocycles. The van der Waals surface area contributed by atoms with E-state index in [4.69, 9.17) is 14.2 Å². The van der Waals surface area contributed by atoms with Crippen molar-refractivity contribution in [2.24, 2.45) is 0 Å². The molecule has 0 radical (unpaired) electrons. The zero-order valence-electron chi connectivity index (χ0n) is 44.7. The number of allylic oxidation sites excluding steroid dienone is 6. The minimum Gasteiger partial charge on any atom is -0.462 e. The molecule has 0 bridgehead atoms. The monoisotopic (exact) mass is 927 g/mol. The van der Waals surface area contributed by atoms with Crippen LogP contribution in [0.5, 0.6) is 0 Å². The van der Waals surface area contributed by atoms with E-state index in [2.05, 4.69) is 57.2 Å². The summed E-state index contributed by atoms with van der Waals surface area (Å²) in [5.41, 5.74) is 0. The molecule has 0 heterocycles. The Labute approximate surface area is 412 Å². The molecule has 5 heteroatoms. The molecule has 0 N–H and O–H groups in total. The minimum absolute atomic E-state index is 0.0849. The third-order valence-electron chi connectivity index (χ3n) is 13.1. The Balaban J connectivity index is 4.15. The van der Waals surface area contributed by atoms with Crippen LogP contribution in [0.1, 0.15) is 316 Å². The molecule has 0 fully saturated rings. The topological polar surface area (TPSA) is 61.8 Å². The lowest BCUT2D eigenvalue weighted by atomic mass is 10.0. The first-order valence-corrected chi connectivity index (χ1v) is 29.5. The zero-order chi connectivity index (χ0) is 47.7. The number of esters is 2. The van der Waals surface area contributed by atoms with Gasteiger partial charge in [0.15, 0.2) is 6.10 Å². The van der Waals surface area contributed by atoms with Crippen molar-refractivity contribution >= 4 is 11.9 Å². The second-order valence-electron chi connectivity index (χ2n) is 19.9. The molecular formula is C61H114O5. The van der Waals surface area contributed by atoms with Crippen molar-refractivity contribution in [3.8, 4) is 0 Å². The Hall–Kier alpha value is -1.88. The number of hydrogen-bond donors (Lipinski definition) is 0. The Morgan fingerprint density at radius 3 is 1.09 bits per heavy atom. The summed E-state index contributed by atoms with van der Waals surface area (Å²) in [6.45, 7) is 7.82. The molecule has 0 aromatic rings. The molecule has 388 valence electrons. The highest BCUT2D eigenvalue weighted by Crippen LogP contribution is 2.17. The first kappa shape index (κ1) is 64.1. The predicted octanol–water partition coefficient (Wildman–Crippen LogP) is 20.1. The van der Waals surface area contributed by atoms with Crippen LogP contribution in [0.15, 0.2) is 36.5 Å². The molecule has 0 saturated carbocycles. The van der Waals surface area contributed by atoms with Gasteiger partial charge in [-0.05, 0) is 70.6 Å². The third-order valence-corrected chi connectivity index (χ3v) is 13.1. The van der Waals surface area contributed by atoms with E-state index in [1.165, 1.54) is 231 Å². The largest absolute Gasteiger partial charge is 0.462 e. The van der Waals surface area contributed by atoms with Crippen LogP contribution in [-0.2, 0) is 23.8 Å². The summed E-state index contributed by atoms with van der Waals surface area (Å²) in [5.74, 6) is -0.395. The van der Waals surface area contributed by atoms with Gasteiger partial charge in [0.2, 0.25) is 0 Å². The van der Waals surface area contributed by atoms with E-state index in [9.17, 15) is 9.59 Å². The average molecular weight is 928 g/mol. The maximum atomic E-state index is 12.8. The Kier molecular flexibility index (Phi) is 55.8. The summed E-state index contributed by atoms with van der Waals surface area (Å²) in [7, 11) is 0. The Morgan fingerprint density at radius 1 is 0.333 bits per heavy atom. The first-order chi connectivity index (χ1) is 32.6. The standard InChI is InChI=1S/C61H114O5/c1-4-7-10-13-16-19-22-24-26-28-30-32-34-36-38-41-44-47-50-53-56-64-57-59(66-61(63)55-52-49-46-43-39-21-18-15-12-9-6-3)58-65-60(62)54-51-48-45-42-40-37-35-33-31-29-27-25-23-20-17-14-11-8-5-2/h15,17-18,20,25,27,59H,4-14,16,19,21-24,26,28-58H2,1-3H3/b18-15-,20-17-,27-25-. The van der Waals surface area contributed by atoms with Crippen molar-refractivity contribution < 1.29 is 23.8 Å². The molecule has 1 unspecified atom stereocenters. The normalized spacial score (nSPS) is 12.3. The van der Waals surface area contributed by atoms with Crippen LogP contribution in [0.25, 0.3) is 0 Å². The fourth-order valence-electron chi connectivity index (χ4n) is 8.70. The second kappa shape index (κ2) is 57.4. The van der Waals surface area contributed by atoms with Gasteiger partial charge >= 0.3 is 11.9 Å². The molecule has 5 nitrogen and oxygen atoms in total. The highest BCUT2D eigenvalue weighted by molar-refractivity contribution is 5.70. The molecule has 0 rings (SSSR count). The van der Waals surface area contributed by atoms with Crippen molar-refractivity contribution in [3.63, 3.8) is 0 Å². The molecule has 1 atom stereocenters. The maximum Gasteiger partial charge on any atom is 0.306 e. The van der Waals surface area contributed by atoms with Gasteiger partial charge in [-0.2, -0.15) is 0 Å². The van der Waals surface area contributed by atoms with E-state index in [0.29, 0.717) is 19.4 Å². The van der Waals surface area contributed by atoms with Crippen molar-refractivity contribution in [2.75, 3.05) is 19.8 Å². The lowest BCUT2D eigenvalue weighted by Crippen LogP contribution is -2.30. The van der Waals surface area contributed by atoms with Gasteiger partial charge in [-0.15, -0.1) is 0 Å². The van der Waals surface area contributed by atoms with E-state index in [1.54, 1.807) is 0 Å². The second-order valence-corrected chi connectivity index (χ2v) is 19.9. The van der Waals surface area contributed by atoms with E-state index < -0.39 is 6.10 Å². The van der Waals surface area contributed by atoms with Crippen molar-refractivity contribution in [1.82, 2.24) is 0 Å². The number of rotatable bonds is 55. The van der Waals surface area contributed by atoms with E-state index in [1.807, 2.05) is 0 Å². The minimum atomic E-state index is -0.538. The number of ether oxygens (including phenoxy) is 3. The summed E-state index contributed by atoms with van der Waals surface area (Å²) in [4.78, 5) is 25.5. The molecule has 66 heavy (non-hydrogen) atoms. The van der Waals surface area contributed by atoms with E-state index >= 15 is 0 Å². The highest BCUT2D eigenvalue weighted by atomic mass is 16.6. The van der Waals surface area contributed by atoms with E-state index in [-0.39, 0.29) is 25.2 Å². The number of hydrogen-bond acceptors (Lipinski definition) is 5. The zero-order valence-corrected chi connectivity index (χ0v) is 44.7. The SMILES string of the molecule is CCCC/C=C\CCCCCCCC(=O)OC(COCCCCCCCCCCCCCCCCCCCCCC)COC(=O)CCCCCCCCCCC/C=C\C/C=C\CCCCC. The van der Waals surface area contributed by atoms with Crippen LogP contribution >= 0.6 is 0 Å². The van der Waals surface area contributed by atoms with Crippen LogP contribution in [-0.4, -0.2) is 37.9 Å². The molecule has 0 spiro atoms. The van der Waals surface area contributed by atoms with Gasteiger partial charge in [0.05, 0.1) is 6.61 Å². The number of carbonyl (C=O) groups is 2. The summed E-state index contributed by atoms with van der Waals surface area (Å²) >= 11 is 0. The van der Waals surface area contributed by atoms with Crippen LogP contribution in [0.3, 0.4) is 0 Å². The van der Waals surface area contributed by atoms with Gasteiger partial charge < -0.3 is 14.2 Å². The van der Waals surface area contributed by atoms with Gasteiger partial charge in [-0.3, -0.25) is 9.59 Å². The average Bonchev–Trinajstić information content (AvgIpc) is 3.32. The quantitative estimate of drug-likeness (QED) is 0.0345. The molecule has 0 aliphatic heterocycles. The van der Waals surface area contributed by atoms with Crippen LogP contribution in [0, 0.1) is 0 Å². The molecular weight excluding hydrogens is 813 g/mol. The fraction of sp³-hybridized carbons (Fsp3) is 0.869. The molecule has 0 amide bonds. The summed E-state index contributed by atoms with van der Waals surface area (Å²) < 4.78 is 17.5. The van der Waals surface area contributed by atoms with Crippen molar-refractivity contribution in [1.29, 1.82) is 0 Å². The highest BCUT2D eigenvalue weighted by Gasteiger charge is 2.17. The smallest absolute Gasteiger partial charge is 0.306 e. The lowest BCUT2D eigenvalue weighted by molar-refractivity contribution is -0.163. The predicted molar refractivity (Wildman–Crippen MR) is 288 cm³/mol. The van der Waals surface area contributed by atoms with Crippen molar-refractivity contribution in [3.05, 3.63) is 36.5 Å². The summed E-state index contributed by atoms with van der Waals surface area (Å²) in [6, 6.07) is 0. The first-order valence-electron chi connectivity index (χ1n) is 29.5. The van der Waals surface area contributed by atoms with Crippen LogP contribution in [0.4, 0.5) is 0 Å². The number of carbonyl (C=O) groups excluding carboxylic acids is 2. The van der Waals surface area contributed by atoms with Gasteiger partial charge in [-0.1, -0.05) is 269 Å². The van der Waals surface area contributed by atoms with Gasteiger partial charge in [0.25, 0.3) is 0 Å². The van der Waals surface area contributed by atoms with Crippen LogP contribution in [0.2, 0.25) is 0 Å². The van der Waals surface area contributed by atoms with Crippen molar-refractivity contribution in [2.45, 2.75) is 322 Å². The van der Waals surface area contributed by atoms with Gasteiger partial charge in [0.1, 0.15) is 6.61 Å². The number of unbranched alkanes of at least 4 members (excludes halogenated alkanes) is 38. The molecule has 0 saturated heterocycles. The fourth-order valence-corrected chi connectivity index (χ4v) is 8.70. The van der Waals surface area contributed by atoms with E-state index in [0.717, 1.165) is 51.4 Å². The lowest BCUT2D eigenvalue weighted by Gasteiger charge is -2.18. The molecule has 0 aliphatic carbocycles. The Bertz CT molecular complexity index is 1050. The Morgan fingerprint density at radius 2 is 0.652 bits per heavy atom. The third kappa shape index (κ3) is 54.7.